The molecule has 0 bridgehead atoms. The number of aryl methyl sites for hydroxylation is 2. The quantitative estimate of drug-likeness (QED) is 0.722. The van der Waals surface area contributed by atoms with Crippen LogP contribution >= 0.6 is 28.1 Å². The number of hydrogen-bond acceptors (Lipinski definition) is 4. The van der Waals surface area contributed by atoms with E-state index in [4.69, 9.17) is 21.7 Å². The number of carbonyl (C=O) groups is 1. The number of hydrogen-bond donors (Lipinski definition) is 2. The van der Waals surface area contributed by atoms with Gasteiger partial charge in [0.1, 0.15) is 17.1 Å². The molecule has 0 fully saturated rings. The van der Waals surface area contributed by atoms with Gasteiger partial charge in [-0.1, -0.05) is 22.0 Å². The third-order valence-corrected chi connectivity index (χ3v) is 4.28. The maximum absolute atomic E-state index is 12.6. The Morgan fingerprint density at radius 3 is 2.08 bits per heavy atom. The third kappa shape index (κ3) is 4.49. The van der Waals surface area contributed by atoms with Crippen LogP contribution in [0.2, 0.25) is 0 Å². The fraction of sp³-hybridized carbons (Fsp3) is 0.222. The van der Waals surface area contributed by atoms with Crippen LogP contribution in [-0.2, 0) is 0 Å². The molecule has 2 N–H and O–H groups in total. The SMILES string of the molecule is COc1cccc(OC)c1C(=O)NC(=S)Nc1c(C)cc(Br)cc1C. The smallest absolute Gasteiger partial charge is 0.264 e. The number of halogens is 1. The molecule has 0 saturated carbocycles. The van der Waals surface area contributed by atoms with Crippen LogP contribution < -0.4 is 20.1 Å². The Balaban J connectivity index is 2.21. The highest BCUT2D eigenvalue weighted by molar-refractivity contribution is 9.10. The minimum absolute atomic E-state index is 0.200. The van der Waals surface area contributed by atoms with Crippen LogP contribution in [0, 0.1) is 13.8 Å². The lowest BCUT2D eigenvalue weighted by atomic mass is 10.1. The minimum atomic E-state index is -0.404. The molecular formula is C18H19BrN2O3S. The number of amides is 1. The van der Waals surface area contributed by atoms with Gasteiger partial charge in [0.05, 0.1) is 14.2 Å². The van der Waals surface area contributed by atoms with Crippen molar-refractivity contribution in [3.8, 4) is 11.5 Å². The van der Waals surface area contributed by atoms with Crippen molar-refractivity contribution in [2.24, 2.45) is 0 Å². The standard InChI is InChI=1S/C18H19BrN2O3S/c1-10-8-12(19)9-11(2)16(10)20-18(25)21-17(22)15-13(23-3)6-5-7-14(15)24-4/h5-9H,1-4H3,(H2,20,21,22,25). The van der Waals surface area contributed by atoms with Gasteiger partial charge < -0.3 is 14.8 Å². The van der Waals surface area contributed by atoms with Gasteiger partial charge in [-0.05, 0) is 61.5 Å². The number of methoxy groups -OCH3 is 2. The molecule has 2 aromatic rings. The summed E-state index contributed by atoms with van der Waals surface area (Å²) in [6.45, 7) is 3.93. The van der Waals surface area contributed by atoms with Crippen LogP contribution in [0.5, 0.6) is 11.5 Å². The fourth-order valence-electron chi connectivity index (χ4n) is 2.49. The van der Waals surface area contributed by atoms with Gasteiger partial charge in [-0.25, -0.2) is 0 Å². The van der Waals surface area contributed by atoms with E-state index in [1.165, 1.54) is 14.2 Å². The van der Waals surface area contributed by atoms with E-state index in [-0.39, 0.29) is 5.11 Å². The zero-order valence-corrected chi connectivity index (χ0v) is 16.8. The van der Waals surface area contributed by atoms with Crippen LogP contribution in [0.25, 0.3) is 0 Å². The van der Waals surface area contributed by atoms with Crippen LogP contribution in [-0.4, -0.2) is 25.2 Å². The van der Waals surface area contributed by atoms with Crippen molar-refractivity contribution in [2.75, 3.05) is 19.5 Å². The van der Waals surface area contributed by atoms with Crippen molar-refractivity contribution < 1.29 is 14.3 Å². The number of benzene rings is 2. The van der Waals surface area contributed by atoms with Gasteiger partial charge >= 0.3 is 0 Å². The topological polar surface area (TPSA) is 59.6 Å². The average Bonchev–Trinajstić information content (AvgIpc) is 2.57. The molecule has 0 radical (unpaired) electrons. The van der Waals surface area contributed by atoms with E-state index in [0.717, 1.165) is 21.3 Å². The van der Waals surface area contributed by atoms with Crippen LogP contribution in [0.15, 0.2) is 34.8 Å². The van der Waals surface area contributed by atoms with Gasteiger partial charge in [-0.2, -0.15) is 0 Å². The summed E-state index contributed by atoms with van der Waals surface area (Å²) in [6.07, 6.45) is 0. The minimum Gasteiger partial charge on any atom is -0.496 e. The van der Waals surface area contributed by atoms with Gasteiger partial charge in [0.15, 0.2) is 5.11 Å². The van der Waals surface area contributed by atoms with Gasteiger partial charge in [0, 0.05) is 10.2 Å². The summed E-state index contributed by atoms with van der Waals surface area (Å²) in [7, 11) is 2.99. The molecule has 2 rings (SSSR count). The fourth-order valence-corrected chi connectivity index (χ4v) is 3.37. The predicted octanol–water partition coefficient (Wildman–Crippen LogP) is 4.21. The Kier molecular flexibility index (Phi) is 6.39. The highest BCUT2D eigenvalue weighted by Gasteiger charge is 2.19. The lowest BCUT2D eigenvalue weighted by Crippen LogP contribution is -2.35. The number of anilines is 1. The molecule has 1 amide bonds. The lowest BCUT2D eigenvalue weighted by Gasteiger charge is -2.16. The van der Waals surface area contributed by atoms with E-state index >= 15 is 0 Å². The predicted molar refractivity (Wildman–Crippen MR) is 107 cm³/mol. The summed E-state index contributed by atoms with van der Waals surface area (Å²) in [5.41, 5.74) is 3.18. The Morgan fingerprint density at radius 2 is 1.60 bits per heavy atom. The number of ether oxygens (including phenoxy) is 2. The molecule has 25 heavy (non-hydrogen) atoms. The first-order valence-corrected chi connectivity index (χ1v) is 8.67. The van der Waals surface area contributed by atoms with E-state index in [9.17, 15) is 4.79 Å². The van der Waals surface area contributed by atoms with Crippen molar-refractivity contribution in [1.29, 1.82) is 0 Å². The highest BCUT2D eigenvalue weighted by atomic mass is 79.9. The van der Waals surface area contributed by atoms with E-state index < -0.39 is 5.91 Å². The van der Waals surface area contributed by atoms with Crippen molar-refractivity contribution in [2.45, 2.75) is 13.8 Å². The normalized spacial score (nSPS) is 10.1. The molecule has 5 nitrogen and oxygen atoms in total. The molecule has 0 atom stereocenters. The second-order valence-electron chi connectivity index (χ2n) is 5.36. The van der Waals surface area contributed by atoms with Crippen LogP contribution in [0.4, 0.5) is 5.69 Å². The van der Waals surface area contributed by atoms with Crippen molar-refractivity contribution in [3.63, 3.8) is 0 Å². The van der Waals surface area contributed by atoms with Crippen molar-refractivity contribution in [1.82, 2.24) is 5.32 Å². The molecular weight excluding hydrogens is 404 g/mol. The second kappa shape index (κ2) is 8.31. The van der Waals surface area contributed by atoms with Crippen LogP contribution in [0.1, 0.15) is 21.5 Å². The highest BCUT2D eigenvalue weighted by Crippen LogP contribution is 2.28. The average molecular weight is 423 g/mol. The number of rotatable bonds is 4. The first-order valence-electron chi connectivity index (χ1n) is 7.47. The van der Waals surface area contributed by atoms with Crippen LogP contribution in [0.3, 0.4) is 0 Å². The van der Waals surface area contributed by atoms with E-state index in [1.54, 1.807) is 18.2 Å². The molecule has 0 aliphatic heterocycles. The Morgan fingerprint density at radius 1 is 1.08 bits per heavy atom. The molecule has 2 aromatic carbocycles. The first-order chi connectivity index (χ1) is 11.9. The Bertz CT molecular complexity index is 779. The Hall–Kier alpha value is -2.12. The summed E-state index contributed by atoms with van der Waals surface area (Å²) in [5.74, 6) is 0.422. The maximum Gasteiger partial charge on any atom is 0.264 e. The second-order valence-corrected chi connectivity index (χ2v) is 6.68. The molecule has 7 heteroatoms. The molecule has 132 valence electrons. The summed E-state index contributed by atoms with van der Waals surface area (Å²) in [5, 5.41) is 5.95. The third-order valence-electron chi connectivity index (χ3n) is 3.62. The summed E-state index contributed by atoms with van der Waals surface area (Å²) < 4.78 is 11.5. The summed E-state index contributed by atoms with van der Waals surface area (Å²) >= 11 is 8.74. The Labute approximate surface area is 160 Å². The monoisotopic (exact) mass is 422 g/mol. The zero-order chi connectivity index (χ0) is 18.6. The first kappa shape index (κ1) is 19.2. The molecule has 0 spiro atoms. The zero-order valence-electron chi connectivity index (χ0n) is 14.4. The molecule has 0 aliphatic carbocycles. The largest absolute Gasteiger partial charge is 0.496 e. The summed E-state index contributed by atoms with van der Waals surface area (Å²) in [6, 6.07) is 9.08. The molecule has 0 aliphatic rings. The van der Waals surface area contributed by atoms with Crippen molar-refractivity contribution in [3.05, 3.63) is 51.5 Å². The lowest BCUT2D eigenvalue weighted by molar-refractivity contribution is 0.0971. The molecule has 0 unspecified atom stereocenters. The van der Waals surface area contributed by atoms with Crippen molar-refractivity contribution >= 4 is 44.9 Å². The molecule has 0 heterocycles. The van der Waals surface area contributed by atoms with Gasteiger partial charge in [-0.3, -0.25) is 10.1 Å². The molecule has 0 saturated heterocycles. The van der Waals surface area contributed by atoms with Gasteiger partial charge in [0.25, 0.3) is 5.91 Å². The number of carbonyl (C=O) groups excluding carboxylic acids is 1. The van der Waals surface area contributed by atoms with E-state index in [2.05, 4.69) is 26.6 Å². The van der Waals surface area contributed by atoms with E-state index in [0.29, 0.717) is 17.1 Å². The summed E-state index contributed by atoms with van der Waals surface area (Å²) in [4.78, 5) is 12.6. The maximum atomic E-state index is 12.6. The van der Waals surface area contributed by atoms with E-state index in [1.807, 2.05) is 26.0 Å². The number of nitrogens with one attached hydrogen (secondary N) is 2. The molecule has 0 aromatic heterocycles. The van der Waals surface area contributed by atoms with Gasteiger partial charge in [0.2, 0.25) is 0 Å². The number of thiocarbonyl (C=S) groups is 1. The van der Waals surface area contributed by atoms with Gasteiger partial charge in [-0.15, -0.1) is 0 Å².